The predicted octanol–water partition coefficient (Wildman–Crippen LogP) is 0.995. The molecule has 16 heavy (non-hydrogen) atoms. The van der Waals surface area contributed by atoms with E-state index in [0.29, 0.717) is 13.1 Å². The maximum Gasteiger partial charge on any atom is 0.234 e. The largest absolute Gasteiger partial charge is 0.395 e. The van der Waals surface area contributed by atoms with E-state index < -0.39 is 0 Å². The van der Waals surface area contributed by atoms with Crippen LogP contribution in [-0.4, -0.2) is 48.2 Å². The van der Waals surface area contributed by atoms with Crippen molar-refractivity contribution in [3.8, 4) is 0 Å². The van der Waals surface area contributed by atoms with E-state index in [1.54, 1.807) is 0 Å². The lowest BCUT2D eigenvalue weighted by Gasteiger charge is -2.22. The second kappa shape index (κ2) is 9.60. The van der Waals surface area contributed by atoms with Gasteiger partial charge in [-0.2, -0.15) is 0 Å². The molecule has 0 saturated carbocycles. The van der Waals surface area contributed by atoms with Gasteiger partial charge in [0.15, 0.2) is 0 Å². The summed E-state index contributed by atoms with van der Waals surface area (Å²) < 4.78 is 0. The van der Waals surface area contributed by atoms with Crippen molar-refractivity contribution in [2.75, 3.05) is 26.2 Å². The van der Waals surface area contributed by atoms with Gasteiger partial charge in [0.25, 0.3) is 0 Å². The number of carbonyl (C=O) groups is 1. The van der Waals surface area contributed by atoms with Crippen molar-refractivity contribution >= 4 is 5.91 Å². The molecule has 0 aliphatic heterocycles. The number of hydrogen-bond acceptors (Lipinski definition) is 3. The number of nitrogens with zero attached hydrogens (tertiary/aromatic N) is 1. The van der Waals surface area contributed by atoms with Crippen molar-refractivity contribution in [1.29, 1.82) is 0 Å². The monoisotopic (exact) mass is 230 g/mol. The fourth-order valence-corrected chi connectivity index (χ4v) is 1.70. The van der Waals surface area contributed by atoms with Gasteiger partial charge in [-0.25, -0.2) is 0 Å². The smallest absolute Gasteiger partial charge is 0.234 e. The summed E-state index contributed by atoms with van der Waals surface area (Å²) in [7, 11) is 0. The quantitative estimate of drug-likeness (QED) is 0.621. The van der Waals surface area contributed by atoms with E-state index >= 15 is 0 Å². The van der Waals surface area contributed by atoms with Gasteiger partial charge in [0.2, 0.25) is 5.91 Å². The minimum Gasteiger partial charge on any atom is -0.395 e. The van der Waals surface area contributed by atoms with Crippen molar-refractivity contribution in [2.24, 2.45) is 0 Å². The Hall–Kier alpha value is -0.610. The molecule has 0 radical (unpaired) electrons. The summed E-state index contributed by atoms with van der Waals surface area (Å²) >= 11 is 0. The minimum absolute atomic E-state index is 0.0654. The Bertz CT molecular complexity index is 176. The van der Waals surface area contributed by atoms with Crippen LogP contribution in [0.25, 0.3) is 0 Å². The van der Waals surface area contributed by atoms with Gasteiger partial charge in [0, 0.05) is 12.6 Å². The second-order valence-corrected chi connectivity index (χ2v) is 4.08. The summed E-state index contributed by atoms with van der Waals surface area (Å²) in [5.41, 5.74) is 0. The van der Waals surface area contributed by atoms with Crippen LogP contribution in [0.1, 0.15) is 40.0 Å². The van der Waals surface area contributed by atoms with E-state index in [2.05, 4.69) is 26.1 Å². The van der Waals surface area contributed by atoms with Crippen LogP contribution in [-0.2, 0) is 4.79 Å². The van der Waals surface area contributed by atoms with Crippen molar-refractivity contribution in [3.63, 3.8) is 0 Å². The number of aliphatic hydroxyl groups is 1. The molecule has 0 aliphatic rings. The van der Waals surface area contributed by atoms with Gasteiger partial charge >= 0.3 is 0 Å². The molecule has 0 unspecified atom stereocenters. The number of rotatable bonds is 9. The van der Waals surface area contributed by atoms with Gasteiger partial charge < -0.3 is 10.4 Å². The standard InChI is InChI=1S/C12H26N2O2/c1-4-7-14(8-9-15)10-12(16)13-11(5-2)6-3/h11,15H,4-10H2,1-3H3,(H,13,16). The molecule has 0 rings (SSSR count). The van der Waals surface area contributed by atoms with Crippen molar-refractivity contribution < 1.29 is 9.90 Å². The van der Waals surface area contributed by atoms with Crippen molar-refractivity contribution in [3.05, 3.63) is 0 Å². The summed E-state index contributed by atoms with van der Waals surface area (Å²) in [6.07, 6.45) is 2.93. The van der Waals surface area contributed by atoms with Crippen LogP contribution in [0.3, 0.4) is 0 Å². The molecular formula is C12H26N2O2. The third kappa shape index (κ3) is 6.80. The highest BCUT2D eigenvalue weighted by Gasteiger charge is 2.12. The number of aliphatic hydroxyl groups excluding tert-OH is 1. The normalized spacial score (nSPS) is 11.1. The molecular weight excluding hydrogens is 204 g/mol. The molecule has 4 nitrogen and oxygen atoms in total. The van der Waals surface area contributed by atoms with E-state index in [4.69, 9.17) is 5.11 Å². The number of hydrogen-bond donors (Lipinski definition) is 2. The van der Waals surface area contributed by atoms with E-state index in [1.165, 1.54) is 0 Å². The maximum absolute atomic E-state index is 11.7. The zero-order valence-electron chi connectivity index (χ0n) is 10.8. The first-order chi connectivity index (χ1) is 7.67. The molecule has 4 heteroatoms. The molecule has 1 amide bonds. The van der Waals surface area contributed by atoms with Gasteiger partial charge in [0.05, 0.1) is 13.2 Å². The topological polar surface area (TPSA) is 52.6 Å². The molecule has 0 atom stereocenters. The molecule has 0 heterocycles. The average Bonchev–Trinajstić information content (AvgIpc) is 2.26. The molecule has 0 aromatic carbocycles. The van der Waals surface area contributed by atoms with Gasteiger partial charge in [0.1, 0.15) is 0 Å². The van der Waals surface area contributed by atoms with Crippen LogP contribution in [0.4, 0.5) is 0 Å². The predicted molar refractivity (Wildman–Crippen MR) is 66.3 cm³/mol. The molecule has 0 aliphatic carbocycles. The van der Waals surface area contributed by atoms with E-state index in [0.717, 1.165) is 25.8 Å². The fraction of sp³-hybridized carbons (Fsp3) is 0.917. The zero-order chi connectivity index (χ0) is 12.4. The Morgan fingerprint density at radius 3 is 2.31 bits per heavy atom. The third-order valence-electron chi connectivity index (χ3n) is 2.67. The summed E-state index contributed by atoms with van der Waals surface area (Å²) in [5.74, 6) is 0.0654. The molecule has 0 spiro atoms. The molecule has 2 N–H and O–H groups in total. The molecule has 0 fully saturated rings. The molecule has 0 aromatic rings. The Labute approximate surface area is 99.0 Å². The number of amides is 1. The molecule has 0 bridgehead atoms. The first-order valence-electron chi connectivity index (χ1n) is 6.30. The molecule has 0 saturated heterocycles. The van der Waals surface area contributed by atoms with Crippen LogP contribution in [0.5, 0.6) is 0 Å². The highest BCUT2D eigenvalue weighted by molar-refractivity contribution is 5.78. The maximum atomic E-state index is 11.7. The van der Waals surface area contributed by atoms with Crippen molar-refractivity contribution in [1.82, 2.24) is 10.2 Å². The fourth-order valence-electron chi connectivity index (χ4n) is 1.70. The summed E-state index contributed by atoms with van der Waals surface area (Å²) in [5, 5.41) is 11.9. The number of nitrogens with one attached hydrogen (secondary N) is 1. The Balaban J connectivity index is 3.97. The summed E-state index contributed by atoms with van der Waals surface area (Å²) in [6.45, 7) is 8.16. The highest BCUT2D eigenvalue weighted by atomic mass is 16.3. The minimum atomic E-state index is 0.0654. The lowest BCUT2D eigenvalue weighted by Crippen LogP contribution is -2.42. The SMILES string of the molecule is CCCN(CCO)CC(=O)NC(CC)CC. The first-order valence-corrected chi connectivity index (χ1v) is 6.30. The molecule has 96 valence electrons. The van der Waals surface area contributed by atoms with E-state index in [9.17, 15) is 4.79 Å². The summed E-state index contributed by atoms with van der Waals surface area (Å²) in [4.78, 5) is 13.7. The number of carbonyl (C=O) groups excluding carboxylic acids is 1. The van der Waals surface area contributed by atoms with Gasteiger partial charge in [-0.1, -0.05) is 20.8 Å². The van der Waals surface area contributed by atoms with Crippen molar-refractivity contribution in [2.45, 2.75) is 46.1 Å². The second-order valence-electron chi connectivity index (χ2n) is 4.08. The van der Waals surface area contributed by atoms with Crippen LogP contribution >= 0.6 is 0 Å². The summed E-state index contributed by atoms with van der Waals surface area (Å²) in [6, 6.07) is 0.283. The Morgan fingerprint density at radius 2 is 1.88 bits per heavy atom. The lowest BCUT2D eigenvalue weighted by atomic mass is 10.2. The lowest BCUT2D eigenvalue weighted by molar-refractivity contribution is -0.123. The van der Waals surface area contributed by atoms with Gasteiger partial charge in [-0.3, -0.25) is 9.69 Å². The van der Waals surface area contributed by atoms with Gasteiger partial charge in [-0.15, -0.1) is 0 Å². The van der Waals surface area contributed by atoms with Gasteiger partial charge in [-0.05, 0) is 25.8 Å². The Kier molecular flexibility index (Phi) is 9.24. The van der Waals surface area contributed by atoms with Crippen LogP contribution < -0.4 is 5.32 Å². The van der Waals surface area contributed by atoms with E-state index in [1.807, 2.05) is 4.90 Å². The van der Waals surface area contributed by atoms with Crippen LogP contribution in [0, 0.1) is 0 Å². The van der Waals surface area contributed by atoms with Crippen LogP contribution in [0.15, 0.2) is 0 Å². The van der Waals surface area contributed by atoms with E-state index in [-0.39, 0.29) is 18.6 Å². The third-order valence-corrected chi connectivity index (χ3v) is 2.67. The average molecular weight is 230 g/mol. The first kappa shape index (κ1) is 15.4. The van der Waals surface area contributed by atoms with Crippen LogP contribution in [0.2, 0.25) is 0 Å². The Morgan fingerprint density at radius 1 is 1.25 bits per heavy atom. The molecule has 0 aromatic heterocycles. The highest BCUT2D eigenvalue weighted by Crippen LogP contribution is 1.97. The zero-order valence-corrected chi connectivity index (χ0v) is 10.8.